The zero-order valence-corrected chi connectivity index (χ0v) is 14.3. The summed E-state index contributed by atoms with van der Waals surface area (Å²) >= 11 is 6.02. The van der Waals surface area contributed by atoms with Gasteiger partial charge in [-0.1, -0.05) is 35.0 Å². The van der Waals surface area contributed by atoms with E-state index >= 15 is 0 Å². The van der Waals surface area contributed by atoms with Crippen LogP contribution in [0.5, 0.6) is 0 Å². The smallest absolute Gasteiger partial charge is 0.338 e. The van der Waals surface area contributed by atoms with Crippen molar-refractivity contribution in [3.63, 3.8) is 0 Å². The van der Waals surface area contributed by atoms with Crippen LogP contribution in [-0.4, -0.2) is 25.9 Å². The zero-order valence-electron chi connectivity index (χ0n) is 13.5. The quantitative estimate of drug-likeness (QED) is 0.515. The summed E-state index contributed by atoms with van der Waals surface area (Å²) in [6.07, 6.45) is 3.41. The number of aromatic nitrogens is 4. The van der Waals surface area contributed by atoms with Crippen molar-refractivity contribution in [2.75, 3.05) is 0 Å². The number of nitrogens with zero attached hydrogens (tertiary/aromatic N) is 4. The van der Waals surface area contributed by atoms with Crippen LogP contribution in [0.25, 0.3) is 16.6 Å². The third kappa shape index (κ3) is 3.27. The summed E-state index contributed by atoms with van der Waals surface area (Å²) in [6, 6.07) is 16.1. The molecule has 2 aromatic carbocycles. The molecule has 7 heteroatoms. The van der Waals surface area contributed by atoms with Crippen LogP contribution in [0.4, 0.5) is 0 Å². The average molecular weight is 365 g/mol. The first kappa shape index (κ1) is 16.2. The van der Waals surface area contributed by atoms with E-state index in [-0.39, 0.29) is 6.61 Å². The van der Waals surface area contributed by atoms with E-state index < -0.39 is 5.97 Å². The largest absolute Gasteiger partial charge is 0.455 e. The number of rotatable bonds is 4. The highest BCUT2D eigenvalue weighted by Crippen LogP contribution is 2.23. The number of esters is 1. The Bertz CT molecular complexity index is 1080. The van der Waals surface area contributed by atoms with Crippen LogP contribution in [0.1, 0.15) is 16.1 Å². The van der Waals surface area contributed by atoms with Gasteiger partial charge < -0.3 is 4.74 Å². The van der Waals surface area contributed by atoms with Crippen molar-refractivity contribution >= 4 is 28.5 Å². The highest BCUT2D eigenvalue weighted by Gasteiger charge is 2.11. The third-order valence-electron chi connectivity index (χ3n) is 3.83. The molecular formula is C19H13ClN4O2. The number of ether oxygens (including phenoxy) is 1. The maximum absolute atomic E-state index is 12.0. The monoisotopic (exact) mass is 364 g/mol. The molecule has 0 saturated carbocycles. The summed E-state index contributed by atoms with van der Waals surface area (Å²) in [5.41, 5.74) is 2.63. The molecule has 0 aliphatic carbocycles. The number of pyridine rings is 1. The van der Waals surface area contributed by atoms with Gasteiger partial charge in [-0.05, 0) is 36.4 Å². The minimum absolute atomic E-state index is 0.0442. The molecule has 0 aliphatic rings. The van der Waals surface area contributed by atoms with Crippen LogP contribution in [-0.2, 0) is 11.3 Å². The lowest BCUT2D eigenvalue weighted by Crippen LogP contribution is -2.05. The minimum Gasteiger partial charge on any atom is -0.455 e. The Morgan fingerprint density at radius 1 is 1.12 bits per heavy atom. The summed E-state index contributed by atoms with van der Waals surface area (Å²) in [4.78, 5) is 16.3. The van der Waals surface area contributed by atoms with E-state index in [4.69, 9.17) is 16.3 Å². The zero-order chi connectivity index (χ0) is 17.9. The molecule has 0 spiro atoms. The Morgan fingerprint density at radius 2 is 1.96 bits per heavy atom. The highest BCUT2D eigenvalue weighted by molar-refractivity contribution is 6.31. The molecule has 4 rings (SSSR count). The second kappa shape index (κ2) is 6.93. The molecule has 0 amide bonds. The molecule has 0 aliphatic heterocycles. The molecule has 0 atom stereocenters. The molecule has 0 saturated heterocycles. The molecule has 2 aromatic heterocycles. The SMILES string of the molecule is O=C(OCc1cn(-c2ccnc3cc(Cl)ccc23)nn1)c1ccccc1. The van der Waals surface area contributed by atoms with E-state index in [9.17, 15) is 4.79 Å². The lowest BCUT2D eigenvalue weighted by atomic mass is 10.2. The van der Waals surface area contributed by atoms with E-state index in [0.717, 1.165) is 16.6 Å². The van der Waals surface area contributed by atoms with Crippen LogP contribution in [0.3, 0.4) is 0 Å². The Labute approximate surface area is 154 Å². The average Bonchev–Trinajstić information content (AvgIpc) is 3.15. The van der Waals surface area contributed by atoms with E-state index in [0.29, 0.717) is 16.3 Å². The number of halogens is 1. The van der Waals surface area contributed by atoms with E-state index in [1.54, 1.807) is 53.5 Å². The molecule has 26 heavy (non-hydrogen) atoms. The topological polar surface area (TPSA) is 69.9 Å². The van der Waals surface area contributed by atoms with Gasteiger partial charge in [-0.3, -0.25) is 4.98 Å². The van der Waals surface area contributed by atoms with Crippen LogP contribution in [0.2, 0.25) is 5.02 Å². The van der Waals surface area contributed by atoms with Gasteiger partial charge >= 0.3 is 5.97 Å². The molecule has 0 radical (unpaired) electrons. The molecule has 0 bridgehead atoms. The summed E-state index contributed by atoms with van der Waals surface area (Å²) in [5, 5.41) is 9.71. The van der Waals surface area contributed by atoms with Gasteiger partial charge in [0, 0.05) is 16.6 Å². The van der Waals surface area contributed by atoms with E-state index in [1.165, 1.54) is 0 Å². The lowest BCUT2D eigenvalue weighted by Gasteiger charge is -2.05. The van der Waals surface area contributed by atoms with Gasteiger partial charge in [-0.15, -0.1) is 5.10 Å². The van der Waals surface area contributed by atoms with E-state index in [1.807, 2.05) is 18.2 Å². The van der Waals surface area contributed by atoms with Crippen LogP contribution >= 0.6 is 11.6 Å². The fraction of sp³-hybridized carbons (Fsp3) is 0.0526. The van der Waals surface area contributed by atoms with Crippen LogP contribution in [0.15, 0.2) is 67.0 Å². The van der Waals surface area contributed by atoms with Gasteiger partial charge in [0.15, 0.2) is 0 Å². The molecule has 2 heterocycles. The number of hydrogen-bond acceptors (Lipinski definition) is 5. The first-order chi connectivity index (χ1) is 12.7. The van der Waals surface area contributed by atoms with Crippen LogP contribution < -0.4 is 0 Å². The summed E-state index contributed by atoms with van der Waals surface area (Å²) in [5.74, 6) is -0.399. The molecule has 4 aromatic rings. The number of benzene rings is 2. The third-order valence-corrected chi connectivity index (χ3v) is 4.07. The van der Waals surface area contributed by atoms with Gasteiger partial charge in [0.1, 0.15) is 12.3 Å². The maximum Gasteiger partial charge on any atom is 0.338 e. The van der Waals surface area contributed by atoms with Crippen molar-refractivity contribution in [1.29, 1.82) is 0 Å². The van der Waals surface area contributed by atoms with Gasteiger partial charge in [0.05, 0.1) is 23.0 Å². The molecular weight excluding hydrogens is 352 g/mol. The first-order valence-corrected chi connectivity index (χ1v) is 8.26. The molecule has 0 unspecified atom stereocenters. The summed E-state index contributed by atoms with van der Waals surface area (Å²) in [6.45, 7) is 0.0442. The molecule has 0 fully saturated rings. The summed E-state index contributed by atoms with van der Waals surface area (Å²) in [7, 11) is 0. The van der Waals surface area contributed by atoms with Crippen LogP contribution in [0, 0.1) is 0 Å². The number of hydrogen-bond donors (Lipinski definition) is 0. The first-order valence-electron chi connectivity index (χ1n) is 7.89. The number of carbonyl (C=O) groups excluding carboxylic acids is 1. The van der Waals surface area contributed by atoms with Gasteiger partial charge in [-0.2, -0.15) is 0 Å². The fourth-order valence-corrected chi connectivity index (χ4v) is 2.75. The van der Waals surface area contributed by atoms with Gasteiger partial charge in [-0.25, -0.2) is 9.48 Å². The second-order valence-corrected chi connectivity index (χ2v) is 6.02. The Balaban J connectivity index is 1.54. The van der Waals surface area contributed by atoms with Crippen molar-refractivity contribution in [1.82, 2.24) is 20.0 Å². The van der Waals surface area contributed by atoms with Crippen molar-refractivity contribution in [3.05, 3.63) is 83.3 Å². The van der Waals surface area contributed by atoms with Gasteiger partial charge in [0.25, 0.3) is 0 Å². The van der Waals surface area contributed by atoms with Crippen molar-refractivity contribution in [2.45, 2.75) is 6.61 Å². The predicted octanol–water partition coefficient (Wildman–Crippen LogP) is 3.83. The molecule has 128 valence electrons. The fourth-order valence-electron chi connectivity index (χ4n) is 2.59. The Kier molecular flexibility index (Phi) is 4.33. The standard InChI is InChI=1S/C19H13ClN4O2/c20-14-6-7-16-17(10-14)21-9-8-18(16)24-11-15(22-23-24)12-26-19(25)13-4-2-1-3-5-13/h1-11H,12H2. The van der Waals surface area contributed by atoms with Crippen molar-refractivity contribution < 1.29 is 9.53 Å². The highest BCUT2D eigenvalue weighted by atomic mass is 35.5. The minimum atomic E-state index is -0.399. The van der Waals surface area contributed by atoms with E-state index in [2.05, 4.69) is 15.3 Å². The maximum atomic E-state index is 12.0. The van der Waals surface area contributed by atoms with Crippen molar-refractivity contribution in [3.8, 4) is 5.69 Å². The van der Waals surface area contributed by atoms with Crippen molar-refractivity contribution in [2.24, 2.45) is 0 Å². The number of carbonyl (C=O) groups is 1. The Morgan fingerprint density at radius 3 is 2.81 bits per heavy atom. The lowest BCUT2D eigenvalue weighted by molar-refractivity contribution is 0.0467. The second-order valence-electron chi connectivity index (χ2n) is 5.59. The Hall–Kier alpha value is -3.25. The van der Waals surface area contributed by atoms with Gasteiger partial charge in [0.2, 0.25) is 0 Å². The summed E-state index contributed by atoms with van der Waals surface area (Å²) < 4.78 is 6.91. The normalized spacial score (nSPS) is 10.8. The number of fused-ring (bicyclic) bond motifs is 1. The predicted molar refractivity (Wildman–Crippen MR) is 97.2 cm³/mol. The molecule has 0 N–H and O–H groups in total. The molecule has 6 nitrogen and oxygen atoms in total.